The second-order valence-electron chi connectivity index (χ2n) is 3.72. The predicted octanol–water partition coefficient (Wildman–Crippen LogP) is 1.29. The molecule has 3 nitrogen and oxygen atoms in total. The Morgan fingerprint density at radius 3 is 2.64 bits per heavy atom. The molecule has 74 valence electrons. The number of aldehydes is 1. The van der Waals surface area contributed by atoms with Crippen molar-refractivity contribution in [1.82, 2.24) is 0 Å². The smallest absolute Gasteiger partial charge is 0.124 e. The highest BCUT2D eigenvalue weighted by Gasteiger charge is 2.21. The third kappa shape index (κ3) is 1.71. The summed E-state index contributed by atoms with van der Waals surface area (Å²) < 4.78 is 0. The van der Waals surface area contributed by atoms with Gasteiger partial charge in [-0.05, 0) is 30.7 Å². The second kappa shape index (κ2) is 3.70. The molecule has 0 saturated carbocycles. The lowest BCUT2D eigenvalue weighted by molar-refractivity contribution is -0.110. The van der Waals surface area contributed by atoms with Crippen LogP contribution in [0.1, 0.15) is 6.42 Å². The minimum Gasteiger partial charge on any atom is -0.399 e. The molecule has 1 saturated heterocycles. The third-order valence-electron chi connectivity index (χ3n) is 2.68. The van der Waals surface area contributed by atoms with Gasteiger partial charge in [0.25, 0.3) is 0 Å². The Labute approximate surface area is 83.5 Å². The highest BCUT2D eigenvalue weighted by atomic mass is 16.1. The molecule has 0 bridgehead atoms. The number of benzene rings is 1. The van der Waals surface area contributed by atoms with Crippen molar-refractivity contribution < 1.29 is 4.79 Å². The molecule has 1 aliphatic rings. The molecule has 1 aromatic carbocycles. The molecular formula is C11H14N2O. The zero-order valence-electron chi connectivity index (χ0n) is 8.02. The van der Waals surface area contributed by atoms with Crippen LogP contribution in [-0.4, -0.2) is 19.4 Å². The van der Waals surface area contributed by atoms with Gasteiger partial charge in [0.1, 0.15) is 6.29 Å². The predicted molar refractivity (Wildman–Crippen MR) is 57.2 cm³/mol. The number of nitrogen functional groups attached to an aromatic ring is 1. The van der Waals surface area contributed by atoms with Gasteiger partial charge in [0, 0.05) is 30.4 Å². The molecule has 0 aliphatic carbocycles. The van der Waals surface area contributed by atoms with Crippen LogP contribution in [0.3, 0.4) is 0 Å². The van der Waals surface area contributed by atoms with Gasteiger partial charge in [-0.1, -0.05) is 0 Å². The molecule has 14 heavy (non-hydrogen) atoms. The Kier molecular flexibility index (Phi) is 2.39. The van der Waals surface area contributed by atoms with E-state index < -0.39 is 0 Å². The van der Waals surface area contributed by atoms with Crippen LogP contribution in [0.15, 0.2) is 24.3 Å². The zero-order valence-corrected chi connectivity index (χ0v) is 8.02. The van der Waals surface area contributed by atoms with Crippen LogP contribution in [0.2, 0.25) is 0 Å². The van der Waals surface area contributed by atoms with Gasteiger partial charge in [0.15, 0.2) is 0 Å². The molecule has 1 heterocycles. The fraction of sp³-hybridized carbons (Fsp3) is 0.364. The van der Waals surface area contributed by atoms with Crippen LogP contribution in [0, 0.1) is 5.92 Å². The minimum absolute atomic E-state index is 0.201. The Morgan fingerprint density at radius 1 is 1.36 bits per heavy atom. The summed E-state index contributed by atoms with van der Waals surface area (Å²) in [6.07, 6.45) is 2.02. The summed E-state index contributed by atoms with van der Waals surface area (Å²) >= 11 is 0. The molecule has 0 spiro atoms. The fourth-order valence-corrected chi connectivity index (χ4v) is 1.82. The van der Waals surface area contributed by atoms with Crippen molar-refractivity contribution in [3.8, 4) is 0 Å². The highest BCUT2D eigenvalue weighted by molar-refractivity contribution is 5.59. The van der Waals surface area contributed by atoms with E-state index in [0.29, 0.717) is 0 Å². The Balaban J connectivity index is 2.09. The van der Waals surface area contributed by atoms with Gasteiger partial charge in [0.2, 0.25) is 0 Å². The van der Waals surface area contributed by atoms with E-state index in [4.69, 9.17) is 5.73 Å². The van der Waals surface area contributed by atoms with Crippen molar-refractivity contribution in [2.24, 2.45) is 5.92 Å². The molecule has 1 unspecified atom stereocenters. The van der Waals surface area contributed by atoms with Gasteiger partial charge in [-0.25, -0.2) is 0 Å². The standard InChI is InChI=1S/C11H14N2O/c12-10-1-3-11(4-2-10)13-6-5-9(7-13)8-14/h1-4,8-9H,5-7,12H2. The average Bonchev–Trinajstić information content (AvgIpc) is 2.67. The first-order valence-electron chi connectivity index (χ1n) is 4.85. The summed E-state index contributed by atoms with van der Waals surface area (Å²) in [5.74, 6) is 0.201. The molecule has 2 rings (SSSR count). The first-order valence-corrected chi connectivity index (χ1v) is 4.85. The number of hydrogen-bond acceptors (Lipinski definition) is 3. The number of carbonyl (C=O) groups is 1. The molecule has 1 atom stereocenters. The molecule has 0 aromatic heterocycles. The fourth-order valence-electron chi connectivity index (χ4n) is 1.82. The van der Waals surface area contributed by atoms with Gasteiger partial charge < -0.3 is 15.4 Å². The number of carbonyl (C=O) groups excluding carboxylic acids is 1. The lowest BCUT2D eigenvalue weighted by Crippen LogP contribution is -2.19. The van der Waals surface area contributed by atoms with Crippen LogP contribution in [0.5, 0.6) is 0 Å². The quantitative estimate of drug-likeness (QED) is 0.564. The van der Waals surface area contributed by atoms with Crippen LogP contribution in [-0.2, 0) is 4.79 Å². The van der Waals surface area contributed by atoms with E-state index in [-0.39, 0.29) is 5.92 Å². The maximum Gasteiger partial charge on any atom is 0.124 e. The van der Waals surface area contributed by atoms with E-state index in [1.165, 1.54) is 0 Å². The van der Waals surface area contributed by atoms with Crippen molar-refractivity contribution in [3.63, 3.8) is 0 Å². The maximum atomic E-state index is 10.6. The normalized spacial score (nSPS) is 21.1. The lowest BCUT2D eigenvalue weighted by Gasteiger charge is -2.17. The lowest BCUT2D eigenvalue weighted by atomic mass is 10.1. The topological polar surface area (TPSA) is 46.3 Å². The minimum atomic E-state index is 0.201. The van der Waals surface area contributed by atoms with Crippen molar-refractivity contribution in [2.75, 3.05) is 23.7 Å². The van der Waals surface area contributed by atoms with Crippen molar-refractivity contribution in [1.29, 1.82) is 0 Å². The molecule has 0 amide bonds. The first-order chi connectivity index (χ1) is 6.79. The largest absolute Gasteiger partial charge is 0.399 e. The van der Waals surface area contributed by atoms with Crippen molar-refractivity contribution in [2.45, 2.75) is 6.42 Å². The second-order valence-corrected chi connectivity index (χ2v) is 3.72. The van der Waals surface area contributed by atoms with Crippen molar-refractivity contribution in [3.05, 3.63) is 24.3 Å². The van der Waals surface area contributed by atoms with E-state index in [2.05, 4.69) is 4.90 Å². The van der Waals surface area contributed by atoms with Gasteiger partial charge in [-0.3, -0.25) is 0 Å². The monoisotopic (exact) mass is 190 g/mol. The molecule has 1 fully saturated rings. The molecule has 2 N–H and O–H groups in total. The molecule has 1 aliphatic heterocycles. The summed E-state index contributed by atoms with van der Waals surface area (Å²) in [6.45, 7) is 1.81. The Bertz CT molecular complexity index is 321. The van der Waals surface area contributed by atoms with E-state index in [0.717, 1.165) is 37.2 Å². The number of anilines is 2. The van der Waals surface area contributed by atoms with Crippen LogP contribution >= 0.6 is 0 Å². The highest BCUT2D eigenvalue weighted by Crippen LogP contribution is 2.23. The molecule has 0 radical (unpaired) electrons. The average molecular weight is 190 g/mol. The molecule has 3 heteroatoms. The first kappa shape index (κ1) is 9.06. The van der Waals surface area contributed by atoms with Gasteiger partial charge >= 0.3 is 0 Å². The van der Waals surface area contributed by atoms with E-state index in [9.17, 15) is 4.79 Å². The van der Waals surface area contributed by atoms with Crippen LogP contribution in [0.25, 0.3) is 0 Å². The summed E-state index contributed by atoms with van der Waals surface area (Å²) in [5, 5.41) is 0. The van der Waals surface area contributed by atoms with Gasteiger partial charge in [0.05, 0.1) is 0 Å². The third-order valence-corrected chi connectivity index (χ3v) is 2.68. The zero-order chi connectivity index (χ0) is 9.97. The Morgan fingerprint density at radius 2 is 2.07 bits per heavy atom. The molecular weight excluding hydrogens is 176 g/mol. The SMILES string of the molecule is Nc1ccc(N2CCC(C=O)C2)cc1. The van der Waals surface area contributed by atoms with Gasteiger partial charge in [-0.2, -0.15) is 0 Å². The molecule has 1 aromatic rings. The summed E-state index contributed by atoms with van der Waals surface area (Å²) in [5.41, 5.74) is 7.54. The maximum absolute atomic E-state index is 10.6. The Hall–Kier alpha value is -1.51. The van der Waals surface area contributed by atoms with E-state index in [1.807, 2.05) is 24.3 Å². The van der Waals surface area contributed by atoms with Crippen molar-refractivity contribution >= 4 is 17.7 Å². The van der Waals surface area contributed by atoms with Crippen LogP contribution < -0.4 is 10.6 Å². The summed E-state index contributed by atoms with van der Waals surface area (Å²) in [4.78, 5) is 12.8. The number of nitrogens with two attached hydrogens (primary N) is 1. The number of nitrogens with zero attached hydrogens (tertiary/aromatic N) is 1. The number of rotatable bonds is 2. The van der Waals surface area contributed by atoms with E-state index in [1.54, 1.807) is 0 Å². The number of hydrogen-bond donors (Lipinski definition) is 1. The van der Waals surface area contributed by atoms with E-state index >= 15 is 0 Å². The summed E-state index contributed by atoms with van der Waals surface area (Å²) in [6, 6.07) is 7.79. The van der Waals surface area contributed by atoms with Crippen LogP contribution in [0.4, 0.5) is 11.4 Å². The summed E-state index contributed by atoms with van der Waals surface area (Å²) in [7, 11) is 0. The van der Waals surface area contributed by atoms with Gasteiger partial charge in [-0.15, -0.1) is 0 Å².